The summed E-state index contributed by atoms with van der Waals surface area (Å²) in [6, 6.07) is 11.8. The lowest BCUT2D eigenvalue weighted by atomic mass is 10.0. The fraction of sp³-hybridized carbons (Fsp3) is 0.154. The molecule has 2 rings (SSSR count). The van der Waals surface area contributed by atoms with Crippen LogP contribution in [0.5, 0.6) is 5.75 Å². The van der Waals surface area contributed by atoms with E-state index in [4.69, 9.17) is 14.7 Å². The van der Waals surface area contributed by atoms with Gasteiger partial charge in [0.15, 0.2) is 6.79 Å². The lowest BCUT2D eigenvalue weighted by Crippen LogP contribution is -2.00. The van der Waals surface area contributed by atoms with Crippen LogP contribution in [0.15, 0.2) is 30.3 Å². The summed E-state index contributed by atoms with van der Waals surface area (Å²) in [5.74, 6) is 0.742. The molecule has 2 aromatic rings. The van der Waals surface area contributed by atoms with Crippen LogP contribution in [0.1, 0.15) is 5.56 Å². The summed E-state index contributed by atoms with van der Waals surface area (Å²) < 4.78 is 11.3. The topological polar surface area (TPSA) is 42.2 Å². The predicted molar refractivity (Wildman–Crippen MR) is 73.9 cm³/mol. The van der Waals surface area contributed by atoms with E-state index in [-0.39, 0.29) is 6.79 Å². The van der Waals surface area contributed by atoms with Gasteiger partial charge in [-0.15, -0.1) is 0 Å². The second-order valence-electron chi connectivity index (χ2n) is 3.44. The SMILES string of the molecule is COCOc1cc(I)c(C#N)c2ccccc12. The zero-order valence-electron chi connectivity index (χ0n) is 9.24. The van der Waals surface area contributed by atoms with Crippen LogP contribution < -0.4 is 4.74 Å². The van der Waals surface area contributed by atoms with Gasteiger partial charge in [0.25, 0.3) is 0 Å². The maximum absolute atomic E-state index is 9.16. The molecule has 0 spiro atoms. The van der Waals surface area contributed by atoms with Crippen molar-refractivity contribution in [3.8, 4) is 11.8 Å². The maximum atomic E-state index is 9.16. The highest BCUT2D eigenvalue weighted by atomic mass is 127. The van der Waals surface area contributed by atoms with Crippen molar-refractivity contribution in [3.63, 3.8) is 0 Å². The first-order valence-electron chi connectivity index (χ1n) is 5.01. The number of nitriles is 1. The number of benzene rings is 2. The largest absolute Gasteiger partial charge is 0.467 e. The number of hydrogen-bond donors (Lipinski definition) is 0. The van der Waals surface area contributed by atoms with Crippen LogP contribution in [-0.4, -0.2) is 13.9 Å². The molecule has 0 aliphatic rings. The Morgan fingerprint density at radius 1 is 1.29 bits per heavy atom. The standard InChI is InChI=1S/C13H10INO2/c1-16-8-17-13-6-12(14)11(7-15)9-4-2-3-5-10(9)13/h2-6H,8H2,1H3. The van der Waals surface area contributed by atoms with Crippen LogP contribution in [0.25, 0.3) is 10.8 Å². The zero-order chi connectivity index (χ0) is 12.3. The molecule has 0 radical (unpaired) electrons. The molecule has 0 bridgehead atoms. The van der Waals surface area contributed by atoms with Crippen LogP contribution >= 0.6 is 22.6 Å². The second kappa shape index (κ2) is 5.34. The van der Waals surface area contributed by atoms with Crippen molar-refractivity contribution >= 4 is 33.4 Å². The molecule has 17 heavy (non-hydrogen) atoms. The number of methoxy groups -OCH3 is 1. The van der Waals surface area contributed by atoms with Gasteiger partial charge in [-0.25, -0.2) is 0 Å². The molecule has 0 saturated heterocycles. The number of rotatable bonds is 3. The number of nitrogens with zero attached hydrogens (tertiary/aromatic N) is 1. The third-order valence-electron chi connectivity index (χ3n) is 2.40. The Hall–Kier alpha value is -1.32. The van der Waals surface area contributed by atoms with E-state index in [0.29, 0.717) is 5.56 Å². The summed E-state index contributed by atoms with van der Waals surface area (Å²) in [7, 11) is 1.58. The van der Waals surface area contributed by atoms with Gasteiger partial charge in [-0.3, -0.25) is 0 Å². The second-order valence-corrected chi connectivity index (χ2v) is 4.60. The molecular weight excluding hydrogens is 329 g/mol. The number of ether oxygens (including phenoxy) is 2. The molecule has 0 atom stereocenters. The van der Waals surface area contributed by atoms with Crippen molar-refractivity contribution in [2.45, 2.75) is 0 Å². The smallest absolute Gasteiger partial charge is 0.188 e. The van der Waals surface area contributed by atoms with Crippen molar-refractivity contribution in [1.82, 2.24) is 0 Å². The first-order valence-corrected chi connectivity index (χ1v) is 6.09. The van der Waals surface area contributed by atoms with Crippen LogP contribution in [0.2, 0.25) is 0 Å². The Balaban J connectivity index is 2.66. The number of halogens is 1. The Bertz CT molecular complexity index is 590. The van der Waals surface area contributed by atoms with E-state index in [0.717, 1.165) is 20.1 Å². The first-order chi connectivity index (χ1) is 8.27. The fourth-order valence-corrected chi connectivity index (χ4v) is 2.36. The van der Waals surface area contributed by atoms with Crippen LogP contribution in [-0.2, 0) is 4.74 Å². The van der Waals surface area contributed by atoms with Gasteiger partial charge >= 0.3 is 0 Å². The molecule has 0 aliphatic carbocycles. The fourth-order valence-electron chi connectivity index (χ4n) is 1.67. The van der Waals surface area contributed by atoms with Crippen LogP contribution in [0.4, 0.5) is 0 Å². The minimum Gasteiger partial charge on any atom is -0.467 e. The minimum atomic E-state index is 0.200. The molecule has 86 valence electrons. The van der Waals surface area contributed by atoms with Gasteiger partial charge < -0.3 is 9.47 Å². The number of fused-ring (bicyclic) bond motifs is 1. The van der Waals surface area contributed by atoms with E-state index in [1.54, 1.807) is 7.11 Å². The molecule has 3 nitrogen and oxygen atoms in total. The summed E-state index contributed by atoms with van der Waals surface area (Å²) in [5, 5.41) is 11.0. The molecule has 0 amide bonds. The van der Waals surface area contributed by atoms with Crippen molar-refractivity contribution in [3.05, 3.63) is 39.5 Å². The molecule has 0 aromatic heterocycles. The van der Waals surface area contributed by atoms with Gasteiger partial charge in [0.05, 0.1) is 5.56 Å². The molecule has 0 N–H and O–H groups in total. The van der Waals surface area contributed by atoms with Crippen LogP contribution in [0.3, 0.4) is 0 Å². The van der Waals surface area contributed by atoms with E-state index >= 15 is 0 Å². The average molecular weight is 339 g/mol. The summed E-state index contributed by atoms with van der Waals surface area (Å²) in [6.07, 6.45) is 0. The Kier molecular flexibility index (Phi) is 3.82. The van der Waals surface area contributed by atoms with Crippen LogP contribution in [0, 0.1) is 14.9 Å². The van der Waals surface area contributed by atoms with E-state index in [1.165, 1.54) is 0 Å². The highest BCUT2D eigenvalue weighted by Gasteiger charge is 2.10. The van der Waals surface area contributed by atoms with Gasteiger partial charge in [-0.05, 0) is 28.7 Å². The van der Waals surface area contributed by atoms with Gasteiger partial charge in [-0.2, -0.15) is 5.26 Å². The summed E-state index contributed by atoms with van der Waals surface area (Å²) in [5.41, 5.74) is 0.686. The van der Waals surface area contributed by atoms with Crippen molar-refractivity contribution in [1.29, 1.82) is 5.26 Å². The lowest BCUT2D eigenvalue weighted by molar-refractivity contribution is 0.0522. The highest BCUT2D eigenvalue weighted by molar-refractivity contribution is 14.1. The van der Waals surface area contributed by atoms with E-state index in [9.17, 15) is 0 Å². The Morgan fingerprint density at radius 2 is 2.00 bits per heavy atom. The van der Waals surface area contributed by atoms with E-state index in [2.05, 4.69) is 28.7 Å². The molecule has 0 heterocycles. The monoisotopic (exact) mass is 339 g/mol. The molecule has 0 unspecified atom stereocenters. The molecule has 2 aromatic carbocycles. The van der Waals surface area contributed by atoms with E-state index < -0.39 is 0 Å². The summed E-state index contributed by atoms with van der Waals surface area (Å²) in [4.78, 5) is 0. The predicted octanol–water partition coefficient (Wildman–Crippen LogP) is 3.30. The normalized spacial score (nSPS) is 10.2. The highest BCUT2D eigenvalue weighted by Crippen LogP contribution is 2.31. The Labute approximate surface area is 113 Å². The van der Waals surface area contributed by atoms with Gasteiger partial charge in [0, 0.05) is 21.5 Å². The van der Waals surface area contributed by atoms with Crippen molar-refractivity contribution < 1.29 is 9.47 Å². The van der Waals surface area contributed by atoms with Gasteiger partial charge in [0.1, 0.15) is 11.8 Å². The third kappa shape index (κ3) is 2.35. The number of hydrogen-bond acceptors (Lipinski definition) is 3. The van der Waals surface area contributed by atoms with Crippen molar-refractivity contribution in [2.24, 2.45) is 0 Å². The maximum Gasteiger partial charge on any atom is 0.188 e. The summed E-state index contributed by atoms with van der Waals surface area (Å²) >= 11 is 2.14. The first kappa shape index (κ1) is 12.1. The Morgan fingerprint density at radius 3 is 2.65 bits per heavy atom. The van der Waals surface area contributed by atoms with Gasteiger partial charge in [0.2, 0.25) is 0 Å². The molecule has 4 heteroatoms. The van der Waals surface area contributed by atoms with E-state index in [1.807, 2.05) is 30.3 Å². The lowest BCUT2D eigenvalue weighted by Gasteiger charge is -2.10. The van der Waals surface area contributed by atoms with Gasteiger partial charge in [-0.1, -0.05) is 24.3 Å². The van der Waals surface area contributed by atoms with Crippen molar-refractivity contribution in [2.75, 3.05) is 13.9 Å². The minimum absolute atomic E-state index is 0.200. The molecular formula is C13H10INO2. The molecule has 0 saturated carbocycles. The molecule has 0 fully saturated rings. The quantitative estimate of drug-likeness (QED) is 0.637. The molecule has 0 aliphatic heterocycles. The summed E-state index contributed by atoms with van der Waals surface area (Å²) in [6.45, 7) is 0.200. The zero-order valence-corrected chi connectivity index (χ0v) is 11.4. The average Bonchev–Trinajstić information content (AvgIpc) is 2.36. The third-order valence-corrected chi connectivity index (χ3v) is 3.25.